The summed E-state index contributed by atoms with van der Waals surface area (Å²) >= 11 is 0. The highest BCUT2D eigenvalue weighted by Crippen LogP contribution is 2.29. The van der Waals surface area contributed by atoms with E-state index in [2.05, 4.69) is 52.8 Å². The lowest BCUT2D eigenvalue weighted by atomic mass is 10.0. The summed E-state index contributed by atoms with van der Waals surface area (Å²) in [6.45, 7) is 3.95. The van der Waals surface area contributed by atoms with Crippen LogP contribution in [-0.4, -0.2) is 23.9 Å². The van der Waals surface area contributed by atoms with Crippen LogP contribution in [-0.2, 0) is 13.0 Å². The van der Waals surface area contributed by atoms with Crippen molar-refractivity contribution in [1.82, 2.24) is 15.5 Å². The van der Waals surface area contributed by atoms with Gasteiger partial charge in [-0.3, -0.25) is 5.10 Å². The molecule has 130 valence electrons. The number of H-pyrrole nitrogens is 1. The molecule has 0 fully saturated rings. The van der Waals surface area contributed by atoms with Gasteiger partial charge in [-0.1, -0.05) is 42.5 Å². The van der Waals surface area contributed by atoms with Gasteiger partial charge in [0.25, 0.3) is 0 Å². The minimum absolute atomic E-state index is 0.885. The third-order valence-corrected chi connectivity index (χ3v) is 4.44. The van der Waals surface area contributed by atoms with Crippen molar-refractivity contribution in [1.29, 1.82) is 0 Å². The first kappa shape index (κ1) is 17.2. The summed E-state index contributed by atoms with van der Waals surface area (Å²) in [5, 5.41) is 10.6. The van der Waals surface area contributed by atoms with Gasteiger partial charge < -0.3 is 10.1 Å². The summed E-state index contributed by atoms with van der Waals surface area (Å²) < 4.78 is 5.44. The van der Waals surface area contributed by atoms with Crippen molar-refractivity contribution in [2.75, 3.05) is 13.7 Å². The first-order valence-electron chi connectivity index (χ1n) is 8.70. The molecule has 25 heavy (non-hydrogen) atoms. The van der Waals surface area contributed by atoms with E-state index in [1.807, 2.05) is 24.4 Å². The van der Waals surface area contributed by atoms with Crippen molar-refractivity contribution < 1.29 is 4.74 Å². The minimum Gasteiger partial charge on any atom is -0.496 e. The molecule has 2 aromatic carbocycles. The van der Waals surface area contributed by atoms with Gasteiger partial charge in [0.05, 0.1) is 13.3 Å². The molecule has 2 N–H and O–H groups in total. The van der Waals surface area contributed by atoms with E-state index in [-0.39, 0.29) is 0 Å². The first-order valence-corrected chi connectivity index (χ1v) is 8.70. The van der Waals surface area contributed by atoms with Gasteiger partial charge in [-0.05, 0) is 49.1 Å². The SMILES string of the molecule is COc1ccccc1-c1ccc(CNCCCc2cn[nH]c2C)cc1. The number of hydrogen-bond donors (Lipinski definition) is 2. The van der Waals surface area contributed by atoms with Gasteiger partial charge in [0.2, 0.25) is 0 Å². The highest BCUT2D eigenvalue weighted by molar-refractivity contribution is 5.70. The maximum atomic E-state index is 5.44. The Morgan fingerprint density at radius 3 is 2.60 bits per heavy atom. The molecule has 3 rings (SSSR count). The zero-order chi connectivity index (χ0) is 17.5. The Hall–Kier alpha value is -2.59. The van der Waals surface area contributed by atoms with Crippen molar-refractivity contribution in [3.05, 3.63) is 71.5 Å². The van der Waals surface area contributed by atoms with Gasteiger partial charge in [0.15, 0.2) is 0 Å². The standard InChI is InChI=1S/C21H25N3O/c1-16-19(15-23-24-16)6-5-13-22-14-17-9-11-18(12-10-17)20-7-3-4-8-21(20)25-2/h3-4,7-12,15,22H,5-6,13-14H2,1-2H3,(H,23,24). The fourth-order valence-electron chi connectivity index (χ4n) is 2.95. The van der Waals surface area contributed by atoms with E-state index >= 15 is 0 Å². The fourth-order valence-corrected chi connectivity index (χ4v) is 2.95. The molecular weight excluding hydrogens is 310 g/mol. The number of benzene rings is 2. The Bertz CT molecular complexity index is 793. The third kappa shape index (κ3) is 4.48. The molecule has 0 saturated heterocycles. The topological polar surface area (TPSA) is 49.9 Å². The lowest BCUT2D eigenvalue weighted by molar-refractivity contribution is 0.416. The van der Waals surface area contributed by atoms with Gasteiger partial charge in [-0.25, -0.2) is 0 Å². The molecule has 1 aromatic heterocycles. The minimum atomic E-state index is 0.885. The summed E-state index contributed by atoms with van der Waals surface area (Å²) in [7, 11) is 1.71. The summed E-state index contributed by atoms with van der Waals surface area (Å²) in [5.41, 5.74) is 6.07. The first-order chi connectivity index (χ1) is 12.3. The van der Waals surface area contributed by atoms with Crippen molar-refractivity contribution in [3.63, 3.8) is 0 Å². The Balaban J connectivity index is 1.49. The second-order valence-electron chi connectivity index (χ2n) is 6.20. The van der Waals surface area contributed by atoms with Crippen LogP contribution < -0.4 is 10.1 Å². The summed E-state index contributed by atoms with van der Waals surface area (Å²) in [6, 6.07) is 16.8. The smallest absolute Gasteiger partial charge is 0.126 e. The van der Waals surface area contributed by atoms with Crippen LogP contribution in [0.5, 0.6) is 5.75 Å². The van der Waals surface area contributed by atoms with Gasteiger partial charge in [0, 0.05) is 17.8 Å². The van der Waals surface area contributed by atoms with E-state index < -0.39 is 0 Å². The second-order valence-corrected chi connectivity index (χ2v) is 6.20. The van der Waals surface area contributed by atoms with E-state index in [0.717, 1.165) is 37.2 Å². The van der Waals surface area contributed by atoms with Crippen molar-refractivity contribution in [3.8, 4) is 16.9 Å². The lowest BCUT2D eigenvalue weighted by Gasteiger charge is -2.09. The highest BCUT2D eigenvalue weighted by Gasteiger charge is 2.04. The molecule has 3 aromatic rings. The maximum absolute atomic E-state index is 5.44. The fraction of sp³-hybridized carbons (Fsp3) is 0.286. The molecule has 0 aliphatic rings. The molecule has 0 atom stereocenters. The molecule has 0 unspecified atom stereocenters. The van der Waals surface area contributed by atoms with Crippen molar-refractivity contribution >= 4 is 0 Å². The van der Waals surface area contributed by atoms with Gasteiger partial charge >= 0.3 is 0 Å². The van der Waals surface area contributed by atoms with Crippen LogP contribution in [0.25, 0.3) is 11.1 Å². The summed E-state index contributed by atoms with van der Waals surface area (Å²) in [5.74, 6) is 0.905. The average molecular weight is 335 g/mol. The van der Waals surface area contributed by atoms with Crippen LogP contribution in [0.2, 0.25) is 0 Å². The van der Waals surface area contributed by atoms with E-state index in [1.165, 1.54) is 22.4 Å². The molecule has 4 nitrogen and oxygen atoms in total. The maximum Gasteiger partial charge on any atom is 0.126 e. The Morgan fingerprint density at radius 1 is 1.08 bits per heavy atom. The number of hydrogen-bond acceptors (Lipinski definition) is 3. The normalized spacial score (nSPS) is 10.8. The number of nitrogens with zero attached hydrogens (tertiary/aromatic N) is 1. The summed E-state index contributed by atoms with van der Waals surface area (Å²) in [4.78, 5) is 0. The molecular formula is C21H25N3O. The molecule has 4 heteroatoms. The molecule has 0 aliphatic heterocycles. The molecule has 0 saturated carbocycles. The molecule has 0 aliphatic carbocycles. The van der Waals surface area contributed by atoms with Crippen LogP contribution in [0.15, 0.2) is 54.7 Å². The number of aromatic nitrogens is 2. The number of aryl methyl sites for hydroxylation is 2. The number of nitrogens with one attached hydrogen (secondary N) is 2. The number of ether oxygens (including phenoxy) is 1. The van der Waals surface area contributed by atoms with Gasteiger partial charge in [-0.15, -0.1) is 0 Å². The van der Waals surface area contributed by atoms with E-state index in [1.54, 1.807) is 7.11 Å². The lowest BCUT2D eigenvalue weighted by Crippen LogP contribution is -2.15. The van der Waals surface area contributed by atoms with Gasteiger partial charge in [-0.2, -0.15) is 5.10 Å². The van der Waals surface area contributed by atoms with Crippen LogP contribution in [0.1, 0.15) is 23.2 Å². The highest BCUT2D eigenvalue weighted by atomic mass is 16.5. The Morgan fingerprint density at radius 2 is 1.88 bits per heavy atom. The predicted molar refractivity (Wildman–Crippen MR) is 102 cm³/mol. The van der Waals surface area contributed by atoms with E-state index in [4.69, 9.17) is 4.74 Å². The molecule has 0 bridgehead atoms. The van der Waals surface area contributed by atoms with E-state index in [0.29, 0.717) is 0 Å². The molecule has 1 heterocycles. The second kappa shape index (κ2) is 8.49. The summed E-state index contributed by atoms with van der Waals surface area (Å²) in [6.07, 6.45) is 4.09. The van der Waals surface area contributed by atoms with Crippen LogP contribution >= 0.6 is 0 Å². The van der Waals surface area contributed by atoms with Crippen molar-refractivity contribution in [2.24, 2.45) is 0 Å². The quantitative estimate of drug-likeness (QED) is 0.609. The predicted octanol–water partition coefficient (Wildman–Crippen LogP) is 4.12. The molecule has 0 spiro atoms. The van der Waals surface area contributed by atoms with Crippen molar-refractivity contribution in [2.45, 2.75) is 26.3 Å². The largest absolute Gasteiger partial charge is 0.496 e. The number of methoxy groups -OCH3 is 1. The van der Waals surface area contributed by atoms with Crippen LogP contribution in [0.3, 0.4) is 0 Å². The number of aromatic amines is 1. The van der Waals surface area contributed by atoms with Crippen LogP contribution in [0, 0.1) is 6.92 Å². The average Bonchev–Trinajstić information content (AvgIpc) is 3.07. The monoisotopic (exact) mass is 335 g/mol. The third-order valence-electron chi connectivity index (χ3n) is 4.44. The number of rotatable bonds is 8. The van der Waals surface area contributed by atoms with E-state index in [9.17, 15) is 0 Å². The zero-order valence-corrected chi connectivity index (χ0v) is 14.9. The zero-order valence-electron chi connectivity index (χ0n) is 14.9. The number of para-hydroxylation sites is 1. The van der Waals surface area contributed by atoms with Gasteiger partial charge in [0.1, 0.15) is 5.75 Å². The Kier molecular flexibility index (Phi) is 5.86. The Labute approximate surface area is 149 Å². The van der Waals surface area contributed by atoms with Crippen LogP contribution in [0.4, 0.5) is 0 Å². The molecule has 0 amide bonds. The molecule has 0 radical (unpaired) electrons.